The highest BCUT2D eigenvalue weighted by Crippen LogP contribution is 2.19. The summed E-state index contributed by atoms with van der Waals surface area (Å²) in [6, 6.07) is 7.64. The summed E-state index contributed by atoms with van der Waals surface area (Å²) in [6.45, 7) is 0.0213. The smallest absolute Gasteiger partial charge is 0.326 e. The molecule has 6 heteroatoms. The third-order valence-corrected chi connectivity index (χ3v) is 3.31. The van der Waals surface area contributed by atoms with Gasteiger partial charge in [0.05, 0.1) is 17.7 Å². The Morgan fingerprint density at radius 1 is 1.33 bits per heavy atom. The van der Waals surface area contributed by atoms with Crippen molar-refractivity contribution in [2.75, 3.05) is 6.54 Å². The molecule has 1 aliphatic heterocycles. The van der Waals surface area contributed by atoms with Crippen LogP contribution >= 0.6 is 0 Å². The molecular formula is C15H14N2O4. The van der Waals surface area contributed by atoms with Crippen LogP contribution in [-0.2, 0) is 9.59 Å². The number of nitriles is 1. The number of aliphatic hydroxyl groups excluding tert-OH is 1. The molecule has 0 radical (unpaired) electrons. The number of carboxylic acid groups (broad SMARTS) is 1. The van der Waals surface area contributed by atoms with Crippen LogP contribution in [0.5, 0.6) is 0 Å². The number of likely N-dealkylation sites (tertiary alicyclic amines) is 1. The Balaban J connectivity index is 2.07. The van der Waals surface area contributed by atoms with Crippen LogP contribution in [0.25, 0.3) is 6.08 Å². The first-order chi connectivity index (χ1) is 10.0. The van der Waals surface area contributed by atoms with Gasteiger partial charge in [0, 0.05) is 19.0 Å². The van der Waals surface area contributed by atoms with E-state index in [0.29, 0.717) is 5.56 Å². The van der Waals surface area contributed by atoms with Gasteiger partial charge in [0.15, 0.2) is 0 Å². The summed E-state index contributed by atoms with van der Waals surface area (Å²) < 4.78 is 0. The molecule has 0 aromatic heterocycles. The van der Waals surface area contributed by atoms with Gasteiger partial charge < -0.3 is 15.1 Å². The van der Waals surface area contributed by atoms with Crippen molar-refractivity contribution in [1.82, 2.24) is 4.90 Å². The number of carbonyl (C=O) groups is 2. The highest BCUT2D eigenvalue weighted by molar-refractivity contribution is 5.94. The molecule has 0 spiro atoms. The van der Waals surface area contributed by atoms with Crippen LogP contribution in [0.3, 0.4) is 0 Å². The molecule has 0 saturated carbocycles. The van der Waals surface area contributed by atoms with E-state index in [4.69, 9.17) is 10.4 Å². The highest BCUT2D eigenvalue weighted by atomic mass is 16.4. The molecule has 1 saturated heterocycles. The van der Waals surface area contributed by atoms with Crippen LogP contribution in [0.15, 0.2) is 30.3 Å². The first-order valence-electron chi connectivity index (χ1n) is 6.41. The third-order valence-electron chi connectivity index (χ3n) is 3.31. The minimum atomic E-state index is -1.12. The maximum atomic E-state index is 12.0. The van der Waals surface area contributed by atoms with E-state index in [1.807, 2.05) is 6.07 Å². The Morgan fingerprint density at radius 2 is 2.00 bits per heavy atom. The zero-order valence-electron chi connectivity index (χ0n) is 11.1. The first kappa shape index (κ1) is 14.8. The van der Waals surface area contributed by atoms with E-state index in [1.54, 1.807) is 30.3 Å². The van der Waals surface area contributed by atoms with Gasteiger partial charge in [0.1, 0.15) is 6.04 Å². The van der Waals surface area contributed by atoms with Gasteiger partial charge in [0.25, 0.3) is 0 Å². The number of carboxylic acids is 1. The average Bonchev–Trinajstić information content (AvgIpc) is 2.87. The van der Waals surface area contributed by atoms with Gasteiger partial charge in [-0.3, -0.25) is 4.79 Å². The molecule has 2 unspecified atom stereocenters. The van der Waals surface area contributed by atoms with Crippen LogP contribution in [0.1, 0.15) is 17.5 Å². The standard InChI is InChI=1S/C15H14N2O4/c16-8-11-3-1-10(2-4-11)5-6-14(19)17-9-12(18)7-13(17)15(20)21/h1-6,12-13,18H,7,9H2,(H,20,21)/b6-5+. The number of amides is 1. The number of rotatable bonds is 3. The molecule has 2 N–H and O–H groups in total. The molecule has 2 rings (SSSR count). The SMILES string of the molecule is N#Cc1ccc(/C=C/C(=O)N2CC(O)CC2C(=O)O)cc1. The summed E-state index contributed by atoms with van der Waals surface area (Å²) in [5.74, 6) is -1.57. The molecule has 1 fully saturated rings. The number of β-amino-alcohol motifs (C(OH)–C–C–N with tert-alkyl or cyclic N) is 1. The lowest BCUT2D eigenvalue weighted by molar-refractivity contribution is -0.146. The molecule has 21 heavy (non-hydrogen) atoms. The van der Waals surface area contributed by atoms with Crippen LogP contribution in [0, 0.1) is 11.3 Å². The van der Waals surface area contributed by atoms with E-state index in [0.717, 1.165) is 10.5 Å². The van der Waals surface area contributed by atoms with Crippen molar-refractivity contribution in [1.29, 1.82) is 5.26 Å². The van der Waals surface area contributed by atoms with Crippen molar-refractivity contribution >= 4 is 18.0 Å². The van der Waals surface area contributed by atoms with Crippen LogP contribution < -0.4 is 0 Å². The summed E-state index contributed by atoms with van der Waals surface area (Å²) >= 11 is 0. The molecule has 2 atom stereocenters. The predicted molar refractivity (Wildman–Crippen MR) is 74.0 cm³/mol. The summed E-state index contributed by atoms with van der Waals surface area (Å²) in [7, 11) is 0. The van der Waals surface area contributed by atoms with Crippen molar-refractivity contribution in [3.05, 3.63) is 41.5 Å². The number of carbonyl (C=O) groups excluding carboxylic acids is 1. The zero-order valence-corrected chi connectivity index (χ0v) is 11.1. The fraction of sp³-hybridized carbons (Fsp3) is 0.267. The Kier molecular flexibility index (Phi) is 4.36. The van der Waals surface area contributed by atoms with Gasteiger partial charge in [-0.25, -0.2) is 4.79 Å². The van der Waals surface area contributed by atoms with Crippen LogP contribution in [0.4, 0.5) is 0 Å². The molecular weight excluding hydrogens is 272 g/mol. The minimum absolute atomic E-state index is 0.0213. The predicted octanol–water partition coefficient (Wildman–Crippen LogP) is 0.618. The molecule has 6 nitrogen and oxygen atoms in total. The number of benzene rings is 1. The maximum absolute atomic E-state index is 12.0. The molecule has 108 valence electrons. The van der Waals surface area contributed by atoms with E-state index in [1.165, 1.54) is 6.08 Å². The summed E-state index contributed by atoms with van der Waals surface area (Å²) in [5.41, 5.74) is 1.25. The van der Waals surface area contributed by atoms with Crippen molar-refractivity contribution in [3.63, 3.8) is 0 Å². The fourth-order valence-electron chi connectivity index (χ4n) is 2.22. The first-order valence-corrected chi connectivity index (χ1v) is 6.41. The molecule has 1 aromatic rings. The normalized spacial score (nSPS) is 21.4. The van der Waals surface area contributed by atoms with Gasteiger partial charge in [0.2, 0.25) is 5.91 Å². The lowest BCUT2D eigenvalue weighted by Gasteiger charge is -2.19. The lowest BCUT2D eigenvalue weighted by atomic mass is 10.1. The second-order valence-electron chi connectivity index (χ2n) is 4.80. The van der Waals surface area contributed by atoms with Crippen LogP contribution in [-0.4, -0.2) is 45.7 Å². The van der Waals surface area contributed by atoms with Gasteiger partial charge >= 0.3 is 5.97 Å². The Hall–Kier alpha value is -2.65. The number of aliphatic hydroxyl groups is 1. The molecule has 1 aliphatic rings. The average molecular weight is 286 g/mol. The lowest BCUT2D eigenvalue weighted by Crippen LogP contribution is -2.39. The van der Waals surface area contributed by atoms with Gasteiger partial charge in [-0.1, -0.05) is 12.1 Å². The topological polar surface area (TPSA) is 102 Å². The zero-order chi connectivity index (χ0) is 15.4. The number of hydrogen-bond donors (Lipinski definition) is 2. The summed E-state index contributed by atoms with van der Waals surface area (Å²) in [5, 5.41) is 27.2. The van der Waals surface area contributed by atoms with Crippen molar-refractivity contribution < 1.29 is 19.8 Å². The van der Waals surface area contributed by atoms with E-state index in [2.05, 4.69) is 0 Å². The third kappa shape index (κ3) is 3.46. The molecule has 0 bridgehead atoms. The van der Waals surface area contributed by atoms with Crippen molar-refractivity contribution in [2.45, 2.75) is 18.6 Å². The Labute approximate surface area is 121 Å². The molecule has 1 amide bonds. The van der Waals surface area contributed by atoms with Gasteiger partial charge in [-0.2, -0.15) is 5.26 Å². The summed E-state index contributed by atoms with van der Waals surface area (Å²) in [4.78, 5) is 24.2. The largest absolute Gasteiger partial charge is 0.480 e. The van der Waals surface area contributed by atoms with Gasteiger partial charge in [-0.15, -0.1) is 0 Å². The Bertz CT molecular complexity index is 616. The fourth-order valence-corrected chi connectivity index (χ4v) is 2.22. The van der Waals surface area contributed by atoms with Crippen molar-refractivity contribution in [3.8, 4) is 6.07 Å². The minimum Gasteiger partial charge on any atom is -0.480 e. The second kappa shape index (κ2) is 6.20. The quantitative estimate of drug-likeness (QED) is 0.793. The summed E-state index contributed by atoms with van der Waals surface area (Å²) in [6.07, 6.45) is 2.06. The molecule has 1 heterocycles. The van der Waals surface area contributed by atoms with E-state index in [-0.39, 0.29) is 13.0 Å². The number of aliphatic carboxylic acids is 1. The second-order valence-corrected chi connectivity index (χ2v) is 4.80. The van der Waals surface area contributed by atoms with E-state index >= 15 is 0 Å². The Morgan fingerprint density at radius 3 is 2.57 bits per heavy atom. The van der Waals surface area contributed by atoms with E-state index < -0.39 is 24.0 Å². The number of hydrogen-bond acceptors (Lipinski definition) is 4. The highest BCUT2D eigenvalue weighted by Gasteiger charge is 2.37. The molecule has 1 aromatic carbocycles. The van der Waals surface area contributed by atoms with Crippen LogP contribution in [0.2, 0.25) is 0 Å². The number of nitrogens with zero attached hydrogens (tertiary/aromatic N) is 2. The maximum Gasteiger partial charge on any atom is 0.326 e. The van der Waals surface area contributed by atoms with Gasteiger partial charge in [-0.05, 0) is 23.8 Å². The monoisotopic (exact) mass is 286 g/mol. The van der Waals surface area contributed by atoms with Crippen molar-refractivity contribution in [2.24, 2.45) is 0 Å². The molecule has 0 aliphatic carbocycles. The van der Waals surface area contributed by atoms with E-state index in [9.17, 15) is 14.7 Å².